The molecule has 1 aliphatic carbocycles. The van der Waals surface area contributed by atoms with Crippen LogP contribution in [0.25, 0.3) is 5.69 Å². The average Bonchev–Trinajstić information content (AvgIpc) is 3.56. The molecule has 2 aliphatic rings. The molecule has 2 aromatic carbocycles. The molecule has 0 N–H and O–H groups in total. The topological polar surface area (TPSA) is 69.5 Å². The Labute approximate surface area is 183 Å². The number of hydrogen-bond acceptors (Lipinski definition) is 5. The molecule has 32 heavy (non-hydrogen) atoms. The van der Waals surface area contributed by atoms with Gasteiger partial charge < -0.3 is 14.4 Å². The zero-order valence-electron chi connectivity index (χ0n) is 17.7. The van der Waals surface area contributed by atoms with Gasteiger partial charge in [0.05, 0.1) is 18.8 Å². The lowest BCUT2D eigenvalue weighted by Gasteiger charge is -2.41. The molecule has 1 amide bonds. The quantitative estimate of drug-likeness (QED) is 0.606. The van der Waals surface area contributed by atoms with Crippen LogP contribution in [0.2, 0.25) is 0 Å². The first kappa shape index (κ1) is 20.6. The zero-order chi connectivity index (χ0) is 22.4. The van der Waals surface area contributed by atoms with Crippen molar-refractivity contribution < 1.29 is 23.0 Å². The number of nitrogens with zero attached hydrogens (tertiary/aromatic N) is 4. The molecule has 2 fully saturated rings. The van der Waals surface area contributed by atoms with Crippen molar-refractivity contribution in [2.45, 2.75) is 38.0 Å². The van der Waals surface area contributed by atoms with Gasteiger partial charge >= 0.3 is 0 Å². The van der Waals surface area contributed by atoms with Gasteiger partial charge in [-0.2, -0.15) is 5.10 Å². The van der Waals surface area contributed by atoms with Gasteiger partial charge in [-0.15, -0.1) is 0 Å². The van der Waals surface area contributed by atoms with Crippen LogP contribution in [0.1, 0.15) is 42.2 Å². The van der Waals surface area contributed by atoms with Gasteiger partial charge in [0.25, 0.3) is 0 Å². The summed E-state index contributed by atoms with van der Waals surface area (Å²) in [6, 6.07) is 10.7. The van der Waals surface area contributed by atoms with Crippen molar-refractivity contribution in [1.29, 1.82) is 0 Å². The lowest BCUT2D eigenvalue weighted by atomic mass is 9.96. The summed E-state index contributed by atoms with van der Waals surface area (Å²) in [7, 11) is 1.59. The van der Waals surface area contributed by atoms with Crippen molar-refractivity contribution in [3.05, 3.63) is 71.3 Å². The van der Waals surface area contributed by atoms with Gasteiger partial charge in [-0.3, -0.25) is 4.79 Å². The largest absolute Gasteiger partial charge is 0.497 e. The van der Waals surface area contributed by atoms with Gasteiger partial charge in [0.15, 0.2) is 17.5 Å². The molecule has 7 nitrogen and oxygen atoms in total. The molecule has 2 atom stereocenters. The summed E-state index contributed by atoms with van der Waals surface area (Å²) in [4.78, 5) is 19.3. The Hall–Kier alpha value is -3.33. The first-order chi connectivity index (χ1) is 15.5. The van der Waals surface area contributed by atoms with E-state index < -0.39 is 23.8 Å². The normalized spacial score (nSPS) is 21.1. The number of amides is 1. The number of aromatic nitrogens is 3. The molecular formula is C23H22F2N4O3. The predicted molar refractivity (Wildman–Crippen MR) is 110 cm³/mol. The van der Waals surface area contributed by atoms with E-state index in [1.807, 2.05) is 29.2 Å². The second-order valence-corrected chi connectivity index (χ2v) is 8.01. The van der Waals surface area contributed by atoms with Crippen molar-refractivity contribution >= 4 is 5.91 Å². The van der Waals surface area contributed by atoms with E-state index in [4.69, 9.17) is 9.47 Å². The van der Waals surface area contributed by atoms with Gasteiger partial charge in [0, 0.05) is 12.1 Å². The number of methoxy groups -OCH3 is 1. The van der Waals surface area contributed by atoms with E-state index in [2.05, 4.69) is 10.1 Å². The molecule has 3 aromatic rings. The molecule has 0 spiro atoms. The minimum atomic E-state index is -0.979. The fourth-order valence-corrected chi connectivity index (χ4v) is 4.19. The Morgan fingerprint density at radius 2 is 1.84 bits per heavy atom. The molecule has 166 valence electrons. The van der Waals surface area contributed by atoms with Crippen molar-refractivity contribution in [3.8, 4) is 11.4 Å². The molecular weight excluding hydrogens is 418 g/mol. The standard InChI is InChI=1S/C23H22F2N4O3/c1-13-26-23(29(27-13)16-7-10-18(24)19(25)11-16)22-21(14-3-8-17(31-2)9-4-14)28(15-5-6-15)20(30)12-32-22/h3-4,7-11,15,21-22H,5-6,12H2,1-2H3/t21-,22+/m1/s1. The molecule has 9 heteroatoms. The summed E-state index contributed by atoms with van der Waals surface area (Å²) in [6.45, 7) is 1.63. The average molecular weight is 440 g/mol. The number of aryl methyl sites for hydroxylation is 1. The van der Waals surface area contributed by atoms with E-state index in [9.17, 15) is 13.6 Å². The number of ether oxygens (including phenoxy) is 2. The minimum absolute atomic E-state index is 0.0832. The van der Waals surface area contributed by atoms with E-state index >= 15 is 0 Å². The summed E-state index contributed by atoms with van der Waals surface area (Å²) in [5, 5.41) is 4.40. The Balaban J connectivity index is 1.62. The smallest absolute Gasteiger partial charge is 0.249 e. The van der Waals surface area contributed by atoms with Crippen LogP contribution >= 0.6 is 0 Å². The maximum absolute atomic E-state index is 14.0. The maximum Gasteiger partial charge on any atom is 0.249 e. The number of hydrogen-bond donors (Lipinski definition) is 0. The van der Waals surface area contributed by atoms with Crippen LogP contribution in [0, 0.1) is 18.6 Å². The third kappa shape index (κ3) is 3.62. The van der Waals surface area contributed by atoms with Crippen molar-refractivity contribution in [2.75, 3.05) is 13.7 Å². The third-order valence-electron chi connectivity index (χ3n) is 5.80. The van der Waals surface area contributed by atoms with Crippen LogP contribution in [0.15, 0.2) is 42.5 Å². The van der Waals surface area contributed by atoms with E-state index in [0.717, 1.165) is 30.5 Å². The van der Waals surface area contributed by atoms with Gasteiger partial charge in [0.1, 0.15) is 24.3 Å². The summed E-state index contributed by atoms with van der Waals surface area (Å²) < 4.78 is 40.2. The predicted octanol–water partition coefficient (Wildman–Crippen LogP) is 3.67. The molecule has 0 radical (unpaired) electrons. The van der Waals surface area contributed by atoms with E-state index in [1.54, 1.807) is 14.0 Å². The summed E-state index contributed by atoms with van der Waals surface area (Å²) >= 11 is 0. The molecule has 1 aliphatic heterocycles. The Morgan fingerprint density at radius 3 is 2.50 bits per heavy atom. The van der Waals surface area contributed by atoms with Gasteiger partial charge in [-0.1, -0.05) is 12.1 Å². The van der Waals surface area contributed by atoms with Crippen LogP contribution < -0.4 is 4.74 Å². The fourth-order valence-electron chi connectivity index (χ4n) is 4.19. The maximum atomic E-state index is 14.0. The van der Waals surface area contributed by atoms with Crippen LogP contribution in [-0.2, 0) is 9.53 Å². The molecule has 2 heterocycles. The first-order valence-electron chi connectivity index (χ1n) is 10.4. The van der Waals surface area contributed by atoms with Crippen LogP contribution in [-0.4, -0.2) is 45.3 Å². The number of benzene rings is 2. The van der Waals surface area contributed by atoms with Crippen LogP contribution in [0.4, 0.5) is 8.78 Å². The summed E-state index contributed by atoms with van der Waals surface area (Å²) in [5.41, 5.74) is 1.19. The second-order valence-electron chi connectivity index (χ2n) is 8.01. The number of carbonyl (C=O) groups excluding carboxylic acids is 1. The first-order valence-corrected chi connectivity index (χ1v) is 10.4. The summed E-state index contributed by atoms with van der Waals surface area (Å²) in [6.07, 6.45) is 1.22. The minimum Gasteiger partial charge on any atom is -0.497 e. The SMILES string of the molecule is COc1ccc([C@@H]2[C@@H](c3nc(C)nn3-c3ccc(F)c(F)c3)OCC(=O)N2C2CC2)cc1. The molecule has 1 aromatic heterocycles. The van der Waals surface area contributed by atoms with E-state index in [0.29, 0.717) is 23.1 Å². The lowest BCUT2D eigenvalue weighted by Crippen LogP contribution is -2.47. The van der Waals surface area contributed by atoms with Crippen LogP contribution in [0.5, 0.6) is 5.75 Å². The molecule has 0 unspecified atom stereocenters. The molecule has 5 rings (SSSR count). The van der Waals surface area contributed by atoms with Gasteiger partial charge in [-0.05, 0) is 49.6 Å². The number of carbonyl (C=O) groups is 1. The summed E-state index contributed by atoms with van der Waals surface area (Å²) in [5.74, 6) is -0.424. The molecule has 0 bridgehead atoms. The third-order valence-corrected chi connectivity index (χ3v) is 5.80. The monoisotopic (exact) mass is 440 g/mol. The van der Waals surface area contributed by atoms with Gasteiger partial charge in [-0.25, -0.2) is 18.4 Å². The lowest BCUT2D eigenvalue weighted by molar-refractivity contribution is -0.160. The highest BCUT2D eigenvalue weighted by atomic mass is 19.2. The van der Waals surface area contributed by atoms with Crippen molar-refractivity contribution in [3.63, 3.8) is 0 Å². The highest BCUT2D eigenvalue weighted by Crippen LogP contribution is 2.45. The van der Waals surface area contributed by atoms with Crippen molar-refractivity contribution in [1.82, 2.24) is 19.7 Å². The second kappa shape index (κ2) is 7.98. The molecule has 1 saturated heterocycles. The number of halogens is 2. The van der Waals surface area contributed by atoms with E-state index in [-0.39, 0.29) is 18.6 Å². The van der Waals surface area contributed by atoms with Crippen LogP contribution in [0.3, 0.4) is 0 Å². The highest BCUT2D eigenvalue weighted by Gasteiger charge is 2.47. The Bertz CT molecular complexity index is 1160. The Morgan fingerprint density at radius 1 is 1.09 bits per heavy atom. The van der Waals surface area contributed by atoms with E-state index in [1.165, 1.54) is 10.7 Å². The fraction of sp³-hybridized carbons (Fsp3) is 0.348. The molecule has 1 saturated carbocycles. The highest BCUT2D eigenvalue weighted by molar-refractivity contribution is 5.79. The van der Waals surface area contributed by atoms with Crippen molar-refractivity contribution in [2.24, 2.45) is 0 Å². The zero-order valence-corrected chi connectivity index (χ0v) is 17.7. The number of morpholine rings is 1. The number of rotatable bonds is 5. The Kier molecular flexibility index (Phi) is 5.13. The van der Waals surface area contributed by atoms with Gasteiger partial charge in [0.2, 0.25) is 5.91 Å².